The summed E-state index contributed by atoms with van der Waals surface area (Å²) in [5.41, 5.74) is 11.2. The number of fused-ring (bicyclic) bond motifs is 6. The van der Waals surface area contributed by atoms with Gasteiger partial charge in [0.05, 0.1) is 0 Å². The van der Waals surface area contributed by atoms with Crippen LogP contribution in [0.2, 0.25) is 0 Å². The van der Waals surface area contributed by atoms with Crippen molar-refractivity contribution in [3.05, 3.63) is 200 Å². The molecule has 9 aromatic carbocycles. The molecular weight excluding hydrogens is 695 g/mol. The Labute approximate surface area is 329 Å². The van der Waals surface area contributed by atoms with Gasteiger partial charge in [0, 0.05) is 27.5 Å². The van der Waals surface area contributed by atoms with Crippen LogP contribution >= 0.6 is 0 Å². The molecule has 0 saturated heterocycles. The van der Waals surface area contributed by atoms with Gasteiger partial charge in [0.25, 0.3) is 0 Å². The van der Waals surface area contributed by atoms with Crippen LogP contribution < -0.4 is 0 Å². The van der Waals surface area contributed by atoms with Crippen LogP contribution in [0, 0.1) is 0 Å². The first-order valence-corrected chi connectivity index (χ1v) is 19.2. The fourth-order valence-electron chi connectivity index (χ4n) is 8.06. The predicted octanol–water partition coefficient (Wildman–Crippen LogP) is 14.1. The number of furan rings is 1. The fourth-order valence-corrected chi connectivity index (χ4v) is 8.06. The van der Waals surface area contributed by atoms with Gasteiger partial charge in [0.2, 0.25) is 0 Å². The van der Waals surface area contributed by atoms with Crippen LogP contribution in [0.5, 0.6) is 0 Å². The number of benzene rings is 9. The van der Waals surface area contributed by atoms with Gasteiger partial charge in [0.1, 0.15) is 11.2 Å². The van der Waals surface area contributed by atoms with E-state index in [4.69, 9.17) is 19.4 Å². The zero-order valence-electron chi connectivity index (χ0n) is 30.8. The summed E-state index contributed by atoms with van der Waals surface area (Å²) in [6.45, 7) is 0. The van der Waals surface area contributed by atoms with Crippen molar-refractivity contribution >= 4 is 43.5 Å². The van der Waals surface area contributed by atoms with E-state index in [0.29, 0.717) is 17.5 Å². The lowest BCUT2D eigenvalue weighted by molar-refractivity contribution is 0.669. The Morgan fingerprint density at radius 2 is 0.807 bits per heavy atom. The standard InChI is InChI=1S/C53H33N3O/c1-3-11-34(12-4-1)36-21-24-38(25-22-36)51-54-52(42-27-29-45-41(32-42)26-23-37-15-7-8-18-44(37)45)56-53(55-51)43-28-30-47-49(33-43)57-48-20-10-19-46(50(47)48)40-17-9-16-39(31-40)35-13-5-2-6-14-35/h1-33H. The lowest BCUT2D eigenvalue weighted by Gasteiger charge is -2.10. The molecule has 4 nitrogen and oxygen atoms in total. The molecule has 0 saturated carbocycles. The molecule has 11 aromatic rings. The Hall–Kier alpha value is -7.69. The van der Waals surface area contributed by atoms with Crippen LogP contribution in [-0.2, 0) is 0 Å². The summed E-state index contributed by atoms with van der Waals surface area (Å²) in [6.07, 6.45) is 0. The van der Waals surface area contributed by atoms with Gasteiger partial charge in [0.15, 0.2) is 17.5 Å². The van der Waals surface area contributed by atoms with Crippen LogP contribution in [0.1, 0.15) is 0 Å². The normalized spacial score (nSPS) is 11.5. The minimum atomic E-state index is 0.582. The topological polar surface area (TPSA) is 51.8 Å². The van der Waals surface area contributed by atoms with Crippen molar-refractivity contribution in [3.8, 4) is 67.5 Å². The maximum atomic E-state index is 6.59. The van der Waals surface area contributed by atoms with E-state index in [2.05, 4.69) is 182 Å². The van der Waals surface area contributed by atoms with Crippen molar-refractivity contribution in [2.24, 2.45) is 0 Å². The predicted molar refractivity (Wildman–Crippen MR) is 235 cm³/mol. The summed E-state index contributed by atoms with van der Waals surface area (Å²) in [5, 5.41) is 6.91. The van der Waals surface area contributed by atoms with Gasteiger partial charge in [-0.05, 0) is 85.3 Å². The van der Waals surface area contributed by atoms with E-state index < -0.39 is 0 Å². The van der Waals surface area contributed by atoms with Gasteiger partial charge in [-0.1, -0.05) is 170 Å². The van der Waals surface area contributed by atoms with Crippen molar-refractivity contribution in [3.63, 3.8) is 0 Å². The van der Waals surface area contributed by atoms with E-state index in [0.717, 1.165) is 66.3 Å². The highest BCUT2D eigenvalue weighted by atomic mass is 16.3. The number of nitrogens with zero attached hydrogens (tertiary/aromatic N) is 3. The summed E-state index contributed by atoms with van der Waals surface area (Å²) >= 11 is 0. The molecule has 0 amide bonds. The Balaban J connectivity index is 1.04. The number of aromatic nitrogens is 3. The minimum absolute atomic E-state index is 0.582. The Morgan fingerprint density at radius 3 is 1.58 bits per heavy atom. The molecule has 0 atom stereocenters. The molecule has 2 aromatic heterocycles. The zero-order chi connectivity index (χ0) is 37.7. The van der Waals surface area contributed by atoms with Crippen LogP contribution in [0.25, 0.3) is 111 Å². The van der Waals surface area contributed by atoms with E-state index in [1.807, 2.05) is 18.2 Å². The first-order chi connectivity index (χ1) is 28.2. The zero-order valence-corrected chi connectivity index (χ0v) is 30.8. The van der Waals surface area contributed by atoms with E-state index >= 15 is 0 Å². The second kappa shape index (κ2) is 13.6. The third kappa shape index (κ3) is 5.92. The van der Waals surface area contributed by atoms with Crippen LogP contribution in [0.15, 0.2) is 205 Å². The average Bonchev–Trinajstić information content (AvgIpc) is 3.68. The third-order valence-corrected chi connectivity index (χ3v) is 10.9. The van der Waals surface area contributed by atoms with E-state index in [1.165, 1.54) is 27.3 Å². The summed E-state index contributed by atoms with van der Waals surface area (Å²) < 4.78 is 6.59. The molecule has 0 aliphatic heterocycles. The molecule has 0 N–H and O–H groups in total. The Morgan fingerprint density at radius 1 is 0.281 bits per heavy atom. The number of rotatable bonds is 6. The summed E-state index contributed by atoms with van der Waals surface area (Å²) in [6, 6.07) is 69.9. The van der Waals surface area contributed by atoms with Gasteiger partial charge in [-0.2, -0.15) is 0 Å². The van der Waals surface area contributed by atoms with Gasteiger partial charge in [-0.15, -0.1) is 0 Å². The van der Waals surface area contributed by atoms with Crippen LogP contribution in [0.3, 0.4) is 0 Å². The third-order valence-electron chi connectivity index (χ3n) is 10.9. The fraction of sp³-hybridized carbons (Fsp3) is 0. The quantitative estimate of drug-likeness (QED) is 0.160. The van der Waals surface area contributed by atoms with Gasteiger partial charge in [-0.3, -0.25) is 0 Å². The second-order valence-corrected chi connectivity index (χ2v) is 14.4. The lowest BCUT2D eigenvalue weighted by Crippen LogP contribution is -2.00. The van der Waals surface area contributed by atoms with Gasteiger partial charge >= 0.3 is 0 Å². The SMILES string of the molecule is c1ccc(-c2ccc(-c3nc(-c4ccc5c(ccc6ccccc65)c4)nc(-c4ccc5c(c4)oc4cccc(-c6cccc(-c7ccccc7)c6)c45)n3)cc2)cc1. The monoisotopic (exact) mass is 727 g/mol. The van der Waals surface area contributed by atoms with Crippen molar-refractivity contribution < 1.29 is 4.42 Å². The highest BCUT2D eigenvalue weighted by Crippen LogP contribution is 2.39. The maximum Gasteiger partial charge on any atom is 0.164 e. The molecule has 0 unspecified atom stereocenters. The summed E-state index contributed by atoms with van der Waals surface area (Å²) in [7, 11) is 0. The highest BCUT2D eigenvalue weighted by molar-refractivity contribution is 6.13. The number of hydrogen-bond acceptors (Lipinski definition) is 4. The molecule has 0 bridgehead atoms. The van der Waals surface area contributed by atoms with Gasteiger partial charge in [-0.25, -0.2) is 15.0 Å². The largest absolute Gasteiger partial charge is 0.456 e. The molecule has 11 rings (SSSR count). The van der Waals surface area contributed by atoms with Crippen molar-refractivity contribution in [2.75, 3.05) is 0 Å². The minimum Gasteiger partial charge on any atom is -0.456 e. The Bertz CT molecular complexity index is 3280. The molecule has 0 aliphatic carbocycles. The van der Waals surface area contributed by atoms with Crippen molar-refractivity contribution in [1.82, 2.24) is 15.0 Å². The second-order valence-electron chi connectivity index (χ2n) is 14.4. The lowest BCUT2D eigenvalue weighted by atomic mass is 9.96. The Kier molecular flexibility index (Phi) is 7.78. The summed E-state index contributed by atoms with van der Waals surface area (Å²) in [5.74, 6) is 1.81. The van der Waals surface area contributed by atoms with E-state index in [9.17, 15) is 0 Å². The molecule has 57 heavy (non-hydrogen) atoms. The van der Waals surface area contributed by atoms with Crippen LogP contribution in [-0.4, -0.2) is 15.0 Å². The first kappa shape index (κ1) is 32.7. The highest BCUT2D eigenvalue weighted by Gasteiger charge is 2.17. The maximum absolute atomic E-state index is 6.59. The van der Waals surface area contributed by atoms with Gasteiger partial charge < -0.3 is 4.42 Å². The molecule has 0 radical (unpaired) electrons. The molecule has 4 heteroatoms. The summed E-state index contributed by atoms with van der Waals surface area (Å²) in [4.78, 5) is 15.3. The molecule has 0 aliphatic rings. The van der Waals surface area contributed by atoms with Crippen molar-refractivity contribution in [2.45, 2.75) is 0 Å². The van der Waals surface area contributed by atoms with E-state index in [1.54, 1.807) is 0 Å². The molecular formula is C53H33N3O. The van der Waals surface area contributed by atoms with Crippen molar-refractivity contribution in [1.29, 1.82) is 0 Å². The molecule has 266 valence electrons. The number of hydrogen-bond donors (Lipinski definition) is 0. The molecule has 0 spiro atoms. The first-order valence-electron chi connectivity index (χ1n) is 19.2. The van der Waals surface area contributed by atoms with Crippen LogP contribution in [0.4, 0.5) is 0 Å². The molecule has 0 fully saturated rings. The molecule has 2 heterocycles. The average molecular weight is 728 g/mol. The smallest absolute Gasteiger partial charge is 0.164 e. The van der Waals surface area contributed by atoms with E-state index in [-0.39, 0.29) is 0 Å².